The molecule has 0 saturated heterocycles. The van der Waals surface area contributed by atoms with Crippen LogP contribution in [-0.4, -0.2) is 24.7 Å². The maximum atomic E-state index is 12.6. The molecule has 7 heteroatoms. The third kappa shape index (κ3) is 5.55. The van der Waals surface area contributed by atoms with Crippen molar-refractivity contribution in [3.8, 4) is 0 Å². The van der Waals surface area contributed by atoms with Gasteiger partial charge < -0.3 is 10.6 Å². The van der Waals surface area contributed by atoms with Gasteiger partial charge in [0.1, 0.15) is 12.1 Å². The van der Waals surface area contributed by atoms with Crippen molar-refractivity contribution in [2.24, 2.45) is 15.9 Å². The Hall–Kier alpha value is -2.05. The highest BCUT2D eigenvalue weighted by Crippen LogP contribution is 2.12. The Bertz CT molecular complexity index is 373. The van der Waals surface area contributed by atoms with Gasteiger partial charge in [-0.1, -0.05) is 5.16 Å². The average molecular weight is 244 g/mol. The Morgan fingerprint density at radius 3 is 2.53 bits per heavy atom. The molecule has 0 fully saturated rings. The van der Waals surface area contributed by atoms with Crippen LogP contribution in [0.25, 0.3) is 0 Å². The summed E-state index contributed by atoms with van der Waals surface area (Å²) in [6.07, 6.45) is 1.24. The van der Waals surface area contributed by atoms with Crippen LogP contribution in [0.3, 0.4) is 0 Å². The molecule has 0 aliphatic carbocycles. The number of aliphatic imine (C=N–C) groups is 1. The van der Waals surface area contributed by atoms with Gasteiger partial charge in [0, 0.05) is 18.5 Å². The van der Waals surface area contributed by atoms with E-state index in [2.05, 4.69) is 10.1 Å². The van der Waals surface area contributed by atoms with E-state index in [0.29, 0.717) is 6.34 Å². The number of hydrogen-bond donors (Lipinski definition) is 2. The normalized spacial score (nSPS) is 14.5. The van der Waals surface area contributed by atoms with Crippen LogP contribution in [0, 0.1) is 5.41 Å². The zero-order chi connectivity index (χ0) is 13.3. The fourth-order valence-electron chi connectivity index (χ4n) is 0.889. The second-order valence-electron chi connectivity index (χ2n) is 2.78. The summed E-state index contributed by atoms with van der Waals surface area (Å²) < 4.78 is 25.1. The molecule has 94 valence electrons. The summed E-state index contributed by atoms with van der Waals surface area (Å²) in [5.41, 5.74) is 4.47. The molecule has 3 N–H and O–H groups in total. The van der Waals surface area contributed by atoms with E-state index in [4.69, 9.17) is 16.0 Å². The summed E-state index contributed by atoms with van der Waals surface area (Å²) in [7, 11) is 0. The van der Waals surface area contributed by atoms with Crippen LogP contribution in [0.5, 0.6) is 0 Å². The topological polar surface area (TPSA) is 83.8 Å². The summed E-state index contributed by atoms with van der Waals surface area (Å²) in [6, 6.07) is 0. The molecule has 0 unspecified atom stereocenters. The molecule has 0 aromatic heterocycles. The van der Waals surface area contributed by atoms with Crippen LogP contribution >= 0.6 is 0 Å². The van der Waals surface area contributed by atoms with Crippen LogP contribution in [0.1, 0.15) is 13.8 Å². The first-order valence-electron chi connectivity index (χ1n) is 4.67. The van der Waals surface area contributed by atoms with E-state index >= 15 is 0 Å². The van der Waals surface area contributed by atoms with E-state index < -0.39 is 12.0 Å². The molecule has 0 aliphatic heterocycles. The van der Waals surface area contributed by atoms with Gasteiger partial charge in [-0.05, 0) is 13.8 Å². The first-order chi connectivity index (χ1) is 8.06. The molecule has 17 heavy (non-hydrogen) atoms. The van der Waals surface area contributed by atoms with Crippen LogP contribution in [0.4, 0.5) is 8.78 Å². The van der Waals surface area contributed by atoms with Crippen molar-refractivity contribution in [1.29, 1.82) is 5.41 Å². The lowest BCUT2D eigenvalue weighted by atomic mass is 10.1. The van der Waals surface area contributed by atoms with Crippen LogP contribution in [-0.2, 0) is 4.84 Å². The molecule has 0 saturated carbocycles. The van der Waals surface area contributed by atoms with Gasteiger partial charge in [-0.25, -0.2) is 13.8 Å². The fourth-order valence-corrected chi connectivity index (χ4v) is 0.889. The molecular weight excluding hydrogens is 230 g/mol. The van der Waals surface area contributed by atoms with Crippen molar-refractivity contribution >= 4 is 18.3 Å². The van der Waals surface area contributed by atoms with Crippen molar-refractivity contribution in [2.45, 2.75) is 20.3 Å². The van der Waals surface area contributed by atoms with Crippen LogP contribution in [0.15, 0.2) is 33.8 Å². The number of nitrogens with two attached hydrogens (primary N) is 1. The van der Waals surface area contributed by atoms with Crippen molar-refractivity contribution in [1.82, 2.24) is 0 Å². The van der Waals surface area contributed by atoms with Crippen molar-refractivity contribution in [2.75, 3.05) is 0 Å². The van der Waals surface area contributed by atoms with E-state index in [1.165, 1.54) is 19.2 Å². The van der Waals surface area contributed by atoms with Crippen molar-refractivity contribution < 1.29 is 13.6 Å². The van der Waals surface area contributed by atoms with E-state index in [1.54, 1.807) is 6.92 Å². The molecule has 0 heterocycles. The first-order valence-corrected chi connectivity index (χ1v) is 4.67. The number of rotatable bonds is 6. The Balaban J connectivity index is 5.13. The molecule has 0 amide bonds. The third-order valence-corrected chi connectivity index (χ3v) is 1.56. The van der Waals surface area contributed by atoms with E-state index in [-0.39, 0.29) is 11.5 Å². The van der Waals surface area contributed by atoms with E-state index in [9.17, 15) is 8.78 Å². The van der Waals surface area contributed by atoms with Gasteiger partial charge in [-0.2, -0.15) is 0 Å². The highest BCUT2D eigenvalue weighted by atomic mass is 19.3. The number of alkyl halides is 2. The molecule has 0 radical (unpaired) electrons. The second kappa shape index (κ2) is 8.14. The van der Waals surface area contributed by atoms with E-state index in [1.807, 2.05) is 0 Å². The second-order valence-corrected chi connectivity index (χ2v) is 2.78. The number of hydrogen-bond acceptors (Lipinski definition) is 4. The highest BCUT2D eigenvalue weighted by Gasteiger charge is 2.16. The summed E-state index contributed by atoms with van der Waals surface area (Å²) in [6.45, 7) is 3.16. The molecule has 0 rings (SSSR count). The van der Waals surface area contributed by atoms with Crippen molar-refractivity contribution in [3.63, 3.8) is 0 Å². The van der Waals surface area contributed by atoms with Crippen molar-refractivity contribution in [3.05, 3.63) is 23.6 Å². The molecule has 0 aromatic rings. The van der Waals surface area contributed by atoms with Gasteiger partial charge in [0.05, 0.1) is 11.3 Å². The summed E-state index contributed by atoms with van der Waals surface area (Å²) in [5, 5.41) is 10.3. The van der Waals surface area contributed by atoms with Gasteiger partial charge in [0.15, 0.2) is 0 Å². The SMILES string of the molecule is C/C=N/O/C(C)=C/C(=N/C=N)C(=C/N)/C(F)F. The predicted molar refractivity (Wildman–Crippen MR) is 63.5 cm³/mol. The Labute approximate surface area is 97.9 Å². The van der Waals surface area contributed by atoms with Crippen LogP contribution in [0.2, 0.25) is 0 Å². The smallest absolute Gasteiger partial charge is 0.267 e. The van der Waals surface area contributed by atoms with Crippen LogP contribution < -0.4 is 5.73 Å². The minimum Gasteiger partial charge on any atom is -0.404 e. The molecule has 5 nitrogen and oxygen atoms in total. The zero-order valence-electron chi connectivity index (χ0n) is 9.52. The first kappa shape index (κ1) is 14.9. The number of nitrogens with one attached hydrogen (secondary N) is 1. The standard InChI is InChI=1S/C10H14F2N4O/c1-3-16-17-7(2)4-9(15-6-14)8(5-13)10(11)12/h3-6,10,14H,13H2,1-2H3/b7-4+,8-5-,14-6?,15-9-,16-3+. The van der Waals surface area contributed by atoms with Gasteiger partial charge in [0.2, 0.25) is 0 Å². The monoisotopic (exact) mass is 244 g/mol. The lowest BCUT2D eigenvalue weighted by Crippen LogP contribution is -2.11. The number of allylic oxidation sites excluding steroid dienone is 3. The van der Waals surface area contributed by atoms with Gasteiger partial charge >= 0.3 is 0 Å². The number of oxime groups is 1. The lowest BCUT2D eigenvalue weighted by molar-refractivity contribution is 0.196. The lowest BCUT2D eigenvalue weighted by Gasteiger charge is -2.05. The summed E-state index contributed by atoms with van der Waals surface area (Å²) >= 11 is 0. The zero-order valence-corrected chi connectivity index (χ0v) is 9.52. The Morgan fingerprint density at radius 1 is 1.47 bits per heavy atom. The predicted octanol–water partition coefficient (Wildman–Crippen LogP) is 2.07. The summed E-state index contributed by atoms with van der Waals surface area (Å²) in [5.74, 6) is 0.253. The molecule has 0 aromatic carbocycles. The van der Waals surface area contributed by atoms with Gasteiger partial charge in [-0.3, -0.25) is 5.41 Å². The minimum absolute atomic E-state index is 0.138. The Morgan fingerprint density at radius 2 is 2.12 bits per heavy atom. The number of halogens is 2. The Kier molecular flexibility index (Phi) is 7.16. The van der Waals surface area contributed by atoms with Gasteiger partial charge in [-0.15, -0.1) is 0 Å². The maximum Gasteiger partial charge on any atom is 0.267 e. The largest absolute Gasteiger partial charge is 0.404 e. The third-order valence-electron chi connectivity index (χ3n) is 1.56. The highest BCUT2D eigenvalue weighted by molar-refractivity contribution is 6.11. The molecular formula is C10H14F2N4O. The average Bonchev–Trinajstić information content (AvgIpc) is 2.27. The van der Waals surface area contributed by atoms with Gasteiger partial charge in [0.25, 0.3) is 6.43 Å². The minimum atomic E-state index is -2.78. The quantitative estimate of drug-likeness (QED) is 0.324. The number of nitrogens with zero attached hydrogens (tertiary/aromatic N) is 2. The maximum absolute atomic E-state index is 12.6. The molecule has 0 spiro atoms. The fraction of sp³-hybridized carbons (Fsp3) is 0.300. The van der Waals surface area contributed by atoms with E-state index in [0.717, 1.165) is 6.20 Å². The molecule has 0 bridgehead atoms. The summed E-state index contributed by atoms with van der Waals surface area (Å²) in [4.78, 5) is 8.29. The molecule has 0 atom stereocenters. The molecule has 0 aliphatic rings.